The maximum Gasteiger partial charge on any atom is 1.00 e. The molecule has 0 atom stereocenters. The summed E-state index contributed by atoms with van der Waals surface area (Å²) in [5, 5.41) is 86.0. The van der Waals surface area contributed by atoms with Crippen LogP contribution in [0.5, 0.6) is 34.5 Å². The van der Waals surface area contributed by atoms with E-state index in [-0.39, 0.29) is 91.1 Å². The van der Waals surface area contributed by atoms with Crippen LogP contribution in [-0.4, -0.2) is 312 Å². The molecule has 11 aromatic rings. The molecule has 5 fully saturated rings. The number of amides is 4. The Hall–Kier alpha value is -13.2. The van der Waals surface area contributed by atoms with E-state index in [1.165, 1.54) is 34.0 Å². The van der Waals surface area contributed by atoms with Crippen molar-refractivity contribution in [1.29, 1.82) is 5.26 Å². The van der Waals surface area contributed by atoms with Crippen molar-refractivity contribution in [1.82, 2.24) is 70.4 Å². The number of carboxylic acid groups (broad SMARTS) is 1. The molecule has 0 spiro atoms. The maximum absolute atomic E-state index is 12.3. The van der Waals surface area contributed by atoms with Gasteiger partial charge in [-0.3, -0.25) is 73.0 Å². The van der Waals surface area contributed by atoms with E-state index < -0.39 is 5.97 Å². The van der Waals surface area contributed by atoms with E-state index in [1.54, 1.807) is 72.8 Å². The fourth-order valence-corrected chi connectivity index (χ4v) is 17.1. The van der Waals surface area contributed by atoms with Crippen molar-refractivity contribution in [2.45, 2.75) is 77.9 Å². The number of piperazine rings is 5. The second-order valence-electron chi connectivity index (χ2n) is 36.4. The van der Waals surface area contributed by atoms with E-state index in [2.05, 4.69) is 205 Å². The number of carboxylic acids is 1. The number of rotatable bonds is 37. The van der Waals surface area contributed by atoms with Crippen molar-refractivity contribution in [3.8, 4) is 34.5 Å². The van der Waals surface area contributed by atoms with Crippen molar-refractivity contribution in [2.75, 3.05) is 183 Å². The number of para-hydroxylation sites is 6. The normalized spacial score (nSPS) is 14.7. The Morgan fingerprint density at radius 1 is 0.315 bits per heavy atom. The number of hydrogen-bond acceptors (Lipinski definition) is 25. The summed E-state index contributed by atoms with van der Waals surface area (Å²) in [7, 11) is 0. The molecule has 783 valence electrons. The van der Waals surface area contributed by atoms with Gasteiger partial charge < -0.3 is 75.0 Å². The van der Waals surface area contributed by atoms with Gasteiger partial charge in [-0.2, -0.15) is 5.10 Å². The average molecular weight is 2030 g/mol. The van der Waals surface area contributed by atoms with E-state index >= 15 is 0 Å². The van der Waals surface area contributed by atoms with Crippen molar-refractivity contribution in [3.63, 3.8) is 0 Å². The predicted molar refractivity (Wildman–Crippen MR) is 587 cm³/mol. The van der Waals surface area contributed by atoms with Crippen LogP contribution in [-0.2, 0) is 102 Å². The molecule has 0 bridgehead atoms. The first-order valence-corrected chi connectivity index (χ1v) is 50.4. The van der Waals surface area contributed by atoms with Crippen molar-refractivity contribution >= 4 is 44.2 Å². The molecule has 0 aromatic heterocycles. The first kappa shape index (κ1) is 123. The molecular weight excluding hydrogens is 1880 g/mol. The Morgan fingerprint density at radius 3 is 0.893 bits per heavy atom. The van der Waals surface area contributed by atoms with Crippen LogP contribution >= 0.6 is 0 Å². The minimum absolute atomic E-state index is 0. The van der Waals surface area contributed by atoms with Crippen molar-refractivity contribution < 1.29 is 89.3 Å². The molecule has 11 aromatic carbocycles. The second-order valence-corrected chi connectivity index (χ2v) is 36.4. The van der Waals surface area contributed by atoms with E-state index in [0.717, 1.165) is 209 Å². The Bertz CT molecular complexity index is 5720. The number of phenols is 6. The molecule has 0 saturated carbocycles. The van der Waals surface area contributed by atoms with Gasteiger partial charge in [0.1, 0.15) is 34.5 Å². The first-order chi connectivity index (χ1) is 71.6. The molecule has 0 unspecified atom stereocenters. The maximum atomic E-state index is 12.3. The van der Waals surface area contributed by atoms with Crippen LogP contribution in [0.3, 0.4) is 0 Å². The minimum Gasteiger partial charge on any atom is -0.512 e. The Kier molecular flexibility index (Phi) is 58.8. The third-order valence-corrected chi connectivity index (χ3v) is 25.4. The van der Waals surface area contributed by atoms with Gasteiger partial charge in [0.2, 0.25) is 17.7 Å². The number of nitrogens with two attached hydrogens (primary N) is 2. The van der Waals surface area contributed by atoms with E-state index in [9.17, 15) is 49.5 Å². The number of carbonyl (C=O) groups excluding carboxylic acids is 4. The number of aromatic hydroxyl groups is 6. The summed E-state index contributed by atoms with van der Waals surface area (Å²) >= 11 is 0. The number of carbonyl (C=O) groups is 5. The molecule has 5 saturated heterocycles. The third-order valence-electron chi connectivity index (χ3n) is 25.4. The number of hydrogen-bond donors (Lipinski definition) is 13. The topological polar surface area (TPSA) is 396 Å². The molecule has 16 rings (SSSR count). The van der Waals surface area contributed by atoms with Crippen LogP contribution in [0.4, 0.5) is 0 Å². The van der Waals surface area contributed by atoms with Gasteiger partial charge in [-0.25, -0.2) is 5.43 Å². The number of hydrazone groups is 1. The molecule has 15 N–H and O–H groups in total. The summed E-state index contributed by atoms with van der Waals surface area (Å²) < 4.78 is 0. The molecule has 30 nitrogen and oxygen atoms in total. The zero-order valence-electron chi connectivity index (χ0n) is 86.3. The van der Waals surface area contributed by atoms with Gasteiger partial charge in [-0.15, -0.1) is 13.2 Å². The van der Waals surface area contributed by atoms with Gasteiger partial charge in [-0.05, 0) is 125 Å². The number of aliphatic carboxylic acids is 1. The fourth-order valence-electron chi connectivity index (χ4n) is 17.1. The second kappa shape index (κ2) is 71.4. The minimum atomic E-state index is -0.735. The van der Waals surface area contributed by atoms with Crippen LogP contribution in [0.2, 0.25) is 0 Å². The number of nitrogens with one attached hydrogen (secondary N) is 4. The fraction of sp³-hybridized carbons (Fsp3) is 0.342. The van der Waals surface area contributed by atoms with Crippen LogP contribution in [0.25, 0.3) is 0 Å². The average Bonchev–Trinajstić information content (AvgIpc) is 0.850. The summed E-state index contributed by atoms with van der Waals surface area (Å²) in [4.78, 5) is 82.1. The number of benzene rings is 11. The number of allylic oxidation sites excluding steroid dienone is 2. The van der Waals surface area contributed by atoms with Gasteiger partial charge in [-0.1, -0.05) is 267 Å². The number of phenolic OH excluding ortho intramolecular Hbond substituents is 6. The van der Waals surface area contributed by atoms with Crippen molar-refractivity contribution in [3.05, 3.63) is 389 Å². The molecular formula is C117H149BN18NaO12. The molecule has 149 heavy (non-hydrogen) atoms. The molecule has 5 aliphatic heterocycles. The van der Waals surface area contributed by atoms with Gasteiger partial charge >= 0.3 is 35.5 Å². The monoisotopic (exact) mass is 2030 g/mol. The van der Waals surface area contributed by atoms with Crippen LogP contribution in [0, 0.1) is 11.8 Å². The van der Waals surface area contributed by atoms with E-state index in [4.69, 9.17) is 33.5 Å². The summed E-state index contributed by atoms with van der Waals surface area (Å²) in [6.07, 6.45) is 8.21. The zero-order valence-corrected chi connectivity index (χ0v) is 88.3. The Labute approximate surface area is 904 Å². The van der Waals surface area contributed by atoms with E-state index in [0.29, 0.717) is 102 Å². The van der Waals surface area contributed by atoms with Crippen LogP contribution in [0.1, 0.15) is 72.3 Å². The van der Waals surface area contributed by atoms with Crippen LogP contribution < -0.4 is 62.4 Å². The summed E-state index contributed by atoms with van der Waals surface area (Å²) in [5.41, 5.74) is 26.2. The van der Waals surface area contributed by atoms with Crippen molar-refractivity contribution in [2.24, 2.45) is 16.6 Å². The Balaban J connectivity index is 0.000000241. The summed E-state index contributed by atoms with van der Waals surface area (Å²) in [5.74, 6) is 0.818. The largest absolute Gasteiger partial charge is 1.00 e. The number of nitrogens with zero attached hydrogens (tertiary/aromatic N) is 12. The molecule has 0 aliphatic carbocycles. The molecule has 4 amide bonds. The van der Waals surface area contributed by atoms with Gasteiger partial charge in [0.15, 0.2) is 0 Å². The smallest absolute Gasteiger partial charge is 0.512 e. The van der Waals surface area contributed by atoms with Gasteiger partial charge in [0, 0.05) is 215 Å². The standard InChI is InChI=1S/C24H31N3O2.C23H28N4O2.C21H27N3O2.C20H25N3O2.C13H18N2O2.C8H11NO.C7H9NO.CN.B.Na/c1-2-7-21-10-6-11-22(24(21)29)12-13-25-23(28)19-27-16-14-26(15-17-27)18-20-8-4-3-5-9-20;1-2-7-20-10-6-11-21(23(20)29)16-24-25-22(28)18-27-14-12-26(13-15-27)17-19-8-4-3-5-9-19;25-20-9-5-4-8-19(20)10-11-22-21(26)17-24-14-12-23(13-15-24)16-18-6-2-1-3-7-18;24-19-9-5-4-8-18(19)14-21-20(25)16-23-12-10-22(11-13-23)15-17-6-2-1-3-7-17;16-13(17)11-15-8-6-14(7-9-15)10-12-4-2-1-3-5-12;9-6-5-7-3-1-2-4-8(7)10;8-5-6-3-1-2-4-7(6)9;1-2;;/h2-6,8-11,29H,1,7,12-19H2,(H,25,28);2-6,8-11,16,29H,1,7,12-15,17-18H2,(H,25,28);1-9,25H,10-17H2,(H,22,26);1-9,24H,10-16H2,(H,21,25);1-5H,6-11H2,(H,16,17);1-4,10H,5-6,9H2;1-4,9H,5,8H2;;;/q;;;;;;;-1;;+1/b;24-16+;;;;;;;;. The SMILES string of the molecule is C=CCc1cccc(/C=N/NC(=O)CN2CCN(Cc3ccccc3)CC2)c1O.C=CCc1cccc(CCNC(=O)CN2CCN(Cc3ccccc3)CC2)c1O.NCCc1ccccc1O.NCc1ccccc1O.O=C(CN1CCN(Cc2ccccc2)CC1)NCCc1ccccc1O.O=C(CN1CCN(Cc2ccccc2)CC1)NCc1ccccc1O.O=C(O)CN1CCN(Cc2ccccc2)CC1.[B].[C-]#N.[Na+]. The third kappa shape index (κ3) is 47.9. The van der Waals surface area contributed by atoms with Crippen LogP contribution in [0.15, 0.2) is 316 Å². The Morgan fingerprint density at radius 2 is 0.577 bits per heavy atom. The molecule has 32 heteroatoms. The zero-order chi connectivity index (χ0) is 105. The summed E-state index contributed by atoms with van der Waals surface area (Å²) in [6, 6.07) is 92.1. The molecule has 5 heterocycles. The first-order valence-electron chi connectivity index (χ1n) is 50.4. The predicted octanol–water partition coefficient (Wildman–Crippen LogP) is 8.03. The molecule has 5 aliphatic rings. The quantitative estimate of drug-likeness (QED) is 0.00576. The van der Waals surface area contributed by atoms with Gasteiger partial charge in [0.25, 0.3) is 5.91 Å². The van der Waals surface area contributed by atoms with E-state index in [1.807, 2.05) is 108 Å². The molecule has 3 radical (unpaired) electrons. The summed E-state index contributed by atoms with van der Waals surface area (Å²) in [6.45, 7) is 39.6. The van der Waals surface area contributed by atoms with Gasteiger partial charge in [0.05, 0.1) is 38.9 Å².